The van der Waals surface area contributed by atoms with E-state index in [1.807, 2.05) is 13.0 Å². The van der Waals surface area contributed by atoms with Crippen LogP contribution >= 0.6 is 11.8 Å². The Bertz CT molecular complexity index is 502. The van der Waals surface area contributed by atoms with Gasteiger partial charge in [0.25, 0.3) is 0 Å². The minimum atomic E-state index is -0.347. The molecular formula is C13H16N2O3S. The molecule has 2 aliphatic rings. The van der Waals surface area contributed by atoms with Gasteiger partial charge in [-0.05, 0) is 25.5 Å². The second-order valence-corrected chi connectivity index (χ2v) is 6.56. The summed E-state index contributed by atoms with van der Waals surface area (Å²) in [6.07, 6.45) is 2.96. The van der Waals surface area contributed by atoms with Gasteiger partial charge >= 0.3 is 0 Å². The highest BCUT2D eigenvalue weighted by molar-refractivity contribution is 8.01. The Morgan fingerprint density at radius 1 is 1.68 bits per heavy atom. The largest absolute Gasteiger partial charge is 0.467 e. The first-order valence-electron chi connectivity index (χ1n) is 6.36. The molecule has 0 aromatic carbocycles. The molecule has 0 spiro atoms. The van der Waals surface area contributed by atoms with E-state index in [1.165, 1.54) is 0 Å². The van der Waals surface area contributed by atoms with Crippen molar-refractivity contribution >= 4 is 23.6 Å². The molecule has 1 aromatic rings. The highest BCUT2D eigenvalue weighted by Gasteiger charge is 2.52. The number of amides is 2. The van der Waals surface area contributed by atoms with E-state index in [0.717, 1.165) is 12.2 Å². The van der Waals surface area contributed by atoms with Crippen LogP contribution in [0.25, 0.3) is 0 Å². The summed E-state index contributed by atoms with van der Waals surface area (Å²) in [7, 11) is 0. The molecule has 3 rings (SSSR count). The molecule has 5 nitrogen and oxygen atoms in total. The van der Waals surface area contributed by atoms with E-state index in [2.05, 4.69) is 5.32 Å². The molecule has 2 atom stereocenters. The maximum atomic E-state index is 12.2. The lowest BCUT2D eigenvalue weighted by molar-refractivity contribution is -0.138. The van der Waals surface area contributed by atoms with Crippen molar-refractivity contribution in [1.82, 2.24) is 10.2 Å². The molecular weight excluding hydrogens is 264 g/mol. The normalized spacial score (nSPS) is 29.6. The molecule has 0 saturated carbocycles. The molecule has 1 N–H and O–H groups in total. The van der Waals surface area contributed by atoms with Gasteiger partial charge in [0.1, 0.15) is 11.8 Å². The minimum absolute atomic E-state index is 0.0886. The number of thioether (sulfide) groups is 1. The molecule has 2 amide bonds. The van der Waals surface area contributed by atoms with Crippen molar-refractivity contribution in [2.24, 2.45) is 0 Å². The lowest BCUT2D eigenvalue weighted by atomic mass is 10.2. The van der Waals surface area contributed by atoms with Crippen LogP contribution in [0.1, 0.15) is 25.5 Å². The minimum Gasteiger partial charge on any atom is -0.467 e. The van der Waals surface area contributed by atoms with Crippen LogP contribution < -0.4 is 5.32 Å². The zero-order valence-electron chi connectivity index (χ0n) is 10.7. The summed E-state index contributed by atoms with van der Waals surface area (Å²) in [5.41, 5.74) is 0. The standard InChI is InChI=1S/C13H16N2O3S/c1-13-5-4-11(16)15(13)10(8-19-13)12(17)14-7-9-3-2-6-18-9/h2-3,6,10H,4-5,7-8H2,1H3,(H,14,17)/t10-,13+/m0/s1. The Kier molecular flexibility index (Phi) is 3.05. The van der Waals surface area contributed by atoms with Crippen molar-refractivity contribution in [2.75, 3.05) is 5.75 Å². The maximum absolute atomic E-state index is 12.2. The molecule has 0 bridgehead atoms. The highest BCUT2D eigenvalue weighted by Crippen LogP contribution is 2.47. The molecule has 0 unspecified atom stereocenters. The van der Waals surface area contributed by atoms with Crippen molar-refractivity contribution in [3.63, 3.8) is 0 Å². The first-order valence-corrected chi connectivity index (χ1v) is 7.35. The number of rotatable bonds is 3. The molecule has 2 saturated heterocycles. The molecule has 6 heteroatoms. The van der Waals surface area contributed by atoms with Gasteiger partial charge in [-0.3, -0.25) is 9.59 Å². The molecule has 3 heterocycles. The number of hydrogen-bond donors (Lipinski definition) is 1. The highest BCUT2D eigenvalue weighted by atomic mass is 32.2. The van der Waals surface area contributed by atoms with Crippen LogP contribution in [-0.2, 0) is 16.1 Å². The molecule has 1 aromatic heterocycles. The van der Waals surface area contributed by atoms with Crippen LogP contribution in [-0.4, -0.2) is 33.4 Å². The van der Waals surface area contributed by atoms with Gasteiger partial charge in [0.2, 0.25) is 11.8 Å². The topological polar surface area (TPSA) is 62.6 Å². The second kappa shape index (κ2) is 4.59. The average molecular weight is 280 g/mol. The van der Waals surface area contributed by atoms with Gasteiger partial charge in [0.15, 0.2) is 0 Å². The number of carbonyl (C=O) groups excluding carboxylic acids is 2. The average Bonchev–Trinajstić information content (AvgIpc) is 3.06. The van der Waals surface area contributed by atoms with Crippen LogP contribution in [0.2, 0.25) is 0 Å². The lowest BCUT2D eigenvalue weighted by Crippen LogP contribution is -2.49. The number of nitrogens with one attached hydrogen (secondary N) is 1. The van der Waals surface area contributed by atoms with Gasteiger partial charge in [0, 0.05) is 12.2 Å². The summed E-state index contributed by atoms with van der Waals surface area (Å²) in [6.45, 7) is 2.41. The van der Waals surface area contributed by atoms with Crippen LogP contribution in [0.4, 0.5) is 0 Å². The zero-order chi connectivity index (χ0) is 13.5. The summed E-state index contributed by atoms with van der Waals surface area (Å²) >= 11 is 1.70. The van der Waals surface area contributed by atoms with Gasteiger partial charge < -0.3 is 14.6 Å². The van der Waals surface area contributed by atoms with Gasteiger partial charge in [-0.2, -0.15) is 0 Å². The molecule has 2 aliphatic heterocycles. The van der Waals surface area contributed by atoms with Crippen LogP contribution in [0.3, 0.4) is 0 Å². The fourth-order valence-corrected chi connectivity index (χ4v) is 4.15. The first kappa shape index (κ1) is 12.6. The Morgan fingerprint density at radius 2 is 2.53 bits per heavy atom. The molecule has 102 valence electrons. The van der Waals surface area contributed by atoms with Gasteiger partial charge in [-0.1, -0.05) is 0 Å². The third kappa shape index (κ3) is 2.14. The number of furan rings is 1. The third-order valence-corrected chi connectivity index (χ3v) is 5.27. The Labute approximate surface area is 115 Å². The number of hydrogen-bond acceptors (Lipinski definition) is 4. The third-order valence-electron chi connectivity index (χ3n) is 3.76. The van der Waals surface area contributed by atoms with E-state index in [0.29, 0.717) is 18.7 Å². The summed E-state index contributed by atoms with van der Waals surface area (Å²) < 4.78 is 5.17. The van der Waals surface area contributed by atoms with Crippen molar-refractivity contribution in [3.8, 4) is 0 Å². The van der Waals surface area contributed by atoms with Crippen LogP contribution in [0.15, 0.2) is 22.8 Å². The molecule has 2 fully saturated rings. The van der Waals surface area contributed by atoms with E-state index >= 15 is 0 Å². The molecule has 0 radical (unpaired) electrons. The number of nitrogens with zero attached hydrogens (tertiary/aromatic N) is 1. The van der Waals surface area contributed by atoms with E-state index in [4.69, 9.17) is 4.42 Å². The summed E-state index contributed by atoms with van der Waals surface area (Å²) in [5, 5.41) is 2.84. The first-order chi connectivity index (χ1) is 9.10. The smallest absolute Gasteiger partial charge is 0.244 e. The molecule has 0 aliphatic carbocycles. The monoisotopic (exact) mass is 280 g/mol. The lowest BCUT2D eigenvalue weighted by Gasteiger charge is -2.29. The van der Waals surface area contributed by atoms with Crippen LogP contribution in [0, 0.1) is 0 Å². The van der Waals surface area contributed by atoms with Crippen molar-refractivity contribution in [3.05, 3.63) is 24.2 Å². The van der Waals surface area contributed by atoms with E-state index in [9.17, 15) is 9.59 Å². The maximum Gasteiger partial charge on any atom is 0.244 e. The summed E-state index contributed by atoms with van der Waals surface area (Å²) in [5.74, 6) is 1.38. The van der Waals surface area contributed by atoms with Crippen molar-refractivity contribution in [2.45, 2.75) is 37.2 Å². The SMILES string of the molecule is C[C@@]12CCC(=O)N1[C@H](C(=O)NCc1ccco1)CS2. The van der Waals surface area contributed by atoms with Gasteiger partial charge in [-0.15, -0.1) is 11.8 Å². The Balaban J connectivity index is 1.66. The van der Waals surface area contributed by atoms with Gasteiger partial charge in [0.05, 0.1) is 17.7 Å². The summed E-state index contributed by atoms with van der Waals surface area (Å²) in [6, 6.07) is 3.25. The fraction of sp³-hybridized carbons (Fsp3) is 0.538. The molecule has 19 heavy (non-hydrogen) atoms. The predicted molar refractivity (Wildman–Crippen MR) is 71.3 cm³/mol. The van der Waals surface area contributed by atoms with Crippen LogP contribution in [0.5, 0.6) is 0 Å². The van der Waals surface area contributed by atoms with E-state index < -0.39 is 0 Å². The van der Waals surface area contributed by atoms with Gasteiger partial charge in [-0.25, -0.2) is 0 Å². The number of fused-ring (bicyclic) bond motifs is 1. The predicted octanol–water partition coefficient (Wildman–Crippen LogP) is 1.35. The van der Waals surface area contributed by atoms with Crippen molar-refractivity contribution < 1.29 is 14.0 Å². The Morgan fingerprint density at radius 3 is 3.26 bits per heavy atom. The van der Waals surface area contributed by atoms with E-state index in [1.54, 1.807) is 29.0 Å². The fourth-order valence-electron chi connectivity index (χ4n) is 2.72. The zero-order valence-corrected chi connectivity index (χ0v) is 11.5. The summed E-state index contributed by atoms with van der Waals surface area (Å²) in [4.78, 5) is 25.7. The van der Waals surface area contributed by atoms with E-state index in [-0.39, 0.29) is 22.7 Å². The van der Waals surface area contributed by atoms with Crippen molar-refractivity contribution in [1.29, 1.82) is 0 Å². The second-order valence-electron chi connectivity index (χ2n) is 5.06. The number of carbonyl (C=O) groups is 2. The Hall–Kier alpha value is -1.43. The quantitative estimate of drug-likeness (QED) is 0.908.